The van der Waals surface area contributed by atoms with Gasteiger partial charge in [-0.1, -0.05) is 11.8 Å². The van der Waals surface area contributed by atoms with Crippen molar-refractivity contribution in [3.63, 3.8) is 0 Å². The van der Waals surface area contributed by atoms with Gasteiger partial charge in [-0.25, -0.2) is 13.4 Å². The molecule has 1 aromatic heterocycles. The molecule has 0 radical (unpaired) electrons. The first-order valence-corrected chi connectivity index (χ1v) is 7.08. The maximum Gasteiger partial charge on any atom is 0.236 e. The molecule has 0 aliphatic carbocycles. The number of hydrogen-bond acceptors (Lipinski definition) is 4. The van der Waals surface area contributed by atoms with Gasteiger partial charge in [-0.05, 0) is 26.0 Å². The summed E-state index contributed by atoms with van der Waals surface area (Å²) in [5, 5.41) is 8.08. The van der Waals surface area contributed by atoms with Gasteiger partial charge in [0.15, 0.2) is 0 Å². The molecule has 18 heavy (non-hydrogen) atoms. The van der Waals surface area contributed by atoms with E-state index in [1.54, 1.807) is 26.0 Å². The molecule has 0 amide bonds. The van der Waals surface area contributed by atoms with E-state index in [2.05, 4.69) is 21.5 Å². The quantitative estimate of drug-likeness (QED) is 0.797. The third kappa shape index (κ3) is 4.35. The van der Waals surface area contributed by atoms with Crippen LogP contribution in [0.3, 0.4) is 0 Å². The monoisotopic (exact) mass is 268 g/mol. The van der Waals surface area contributed by atoms with Gasteiger partial charge in [0.05, 0.1) is 11.9 Å². The maximum atomic E-state index is 11.7. The van der Waals surface area contributed by atoms with Crippen LogP contribution < -0.4 is 4.72 Å². The Labute approximate surface area is 107 Å². The van der Waals surface area contributed by atoms with Crippen molar-refractivity contribution in [2.45, 2.75) is 25.5 Å². The van der Waals surface area contributed by atoms with Crippen LogP contribution in [0, 0.1) is 11.8 Å². The van der Waals surface area contributed by atoms with Crippen molar-refractivity contribution >= 4 is 15.8 Å². The van der Waals surface area contributed by atoms with Crippen LogP contribution in [0.5, 0.6) is 0 Å². The highest BCUT2D eigenvalue weighted by atomic mass is 32.2. The molecule has 6 heteroatoms. The fourth-order valence-corrected chi connectivity index (χ4v) is 1.69. The summed E-state index contributed by atoms with van der Waals surface area (Å²) < 4.78 is 25.7. The van der Waals surface area contributed by atoms with Crippen molar-refractivity contribution in [1.29, 1.82) is 0 Å². The number of sulfonamides is 1. The Bertz CT molecular complexity index is 556. The Morgan fingerprint density at radius 3 is 2.83 bits per heavy atom. The zero-order valence-corrected chi connectivity index (χ0v) is 11.2. The Balaban J connectivity index is 2.88. The summed E-state index contributed by atoms with van der Waals surface area (Å²) in [6.07, 6.45) is 1.87. The lowest BCUT2D eigenvalue weighted by Gasteiger charge is -2.09. The van der Waals surface area contributed by atoms with Gasteiger partial charge in [0.2, 0.25) is 10.0 Å². The minimum Gasteiger partial charge on any atom is -0.395 e. The number of pyridine rings is 1. The summed E-state index contributed by atoms with van der Waals surface area (Å²) in [5.74, 6) is 5.82. The second kappa shape index (κ2) is 6.38. The van der Waals surface area contributed by atoms with Gasteiger partial charge in [0.1, 0.15) is 5.82 Å². The first-order valence-electron chi connectivity index (χ1n) is 5.53. The molecule has 1 rings (SSSR count). The summed E-state index contributed by atoms with van der Waals surface area (Å²) in [4.78, 5) is 3.93. The molecule has 0 atom stereocenters. The van der Waals surface area contributed by atoms with Crippen molar-refractivity contribution < 1.29 is 13.5 Å². The second-order valence-corrected chi connectivity index (χ2v) is 6.14. The van der Waals surface area contributed by atoms with Gasteiger partial charge in [0.25, 0.3) is 0 Å². The Kier molecular flexibility index (Phi) is 5.13. The molecular weight excluding hydrogens is 252 g/mol. The number of nitrogens with zero attached hydrogens (tertiary/aromatic N) is 1. The molecule has 1 heterocycles. The lowest BCUT2D eigenvalue weighted by Crippen LogP contribution is -2.23. The SMILES string of the molecule is CC(C)S(=O)(=O)Nc1cc(C#CCCO)ccn1. The zero-order chi connectivity index (χ0) is 13.6. The van der Waals surface area contributed by atoms with Gasteiger partial charge in [-0.3, -0.25) is 4.72 Å². The highest BCUT2D eigenvalue weighted by Crippen LogP contribution is 2.10. The lowest BCUT2D eigenvalue weighted by atomic mass is 10.2. The molecule has 0 saturated carbocycles. The highest BCUT2D eigenvalue weighted by molar-refractivity contribution is 7.93. The van der Waals surface area contributed by atoms with Crippen LogP contribution in [0.1, 0.15) is 25.8 Å². The minimum absolute atomic E-state index is 0.00488. The predicted molar refractivity (Wildman–Crippen MR) is 70.5 cm³/mol. The maximum absolute atomic E-state index is 11.7. The van der Waals surface area contributed by atoms with Crippen LogP contribution in [0.15, 0.2) is 18.3 Å². The van der Waals surface area contributed by atoms with Crippen molar-refractivity contribution in [3.05, 3.63) is 23.9 Å². The van der Waals surface area contributed by atoms with Crippen molar-refractivity contribution in [1.82, 2.24) is 4.98 Å². The molecule has 0 spiro atoms. The van der Waals surface area contributed by atoms with Crippen LogP contribution >= 0.6 is 0 Å². The van der Waals surface area contributed by atoms with Crippen LogP contribution in [-0.4, -0.2) is 30.4 Å². The number of aromatic nitrogens is 1. The van der Waals surface area contributed by atoms with Crippen LogP contribution in [0.25, 0.3) is 0 Å². The van der Waals surface area contributed by atoms with Gasteiger partial charge in [0, 0.05) is 18.2 Å². The van der Waals surface area contributed by atoms with E-state index in [-0.39, 0.29) is 12.4 Å². The van der Waals surface area contributed by atoms with Gasteiger partial charge >= 0.3 is 0 Å². The fraction of sp³-hybridized carbons (Fsp3) is 0.417. The van der Waals surface area contributed by atoms with Crippen molar-refractivity contribution in [2.24, 2.45) is 0 Å². The topological polar surface area (TPSA) is 79.3 Å². The van der Waals surface area contributed by atoms with Crippen LogP contribution in [-0.2, 0) is 10.0 Å². The molecule has 5 nitrogen and oxygen atoms in total. The highest BCUT2D eigenvalue weighted by Gasteiger charge is 2.15. The molecule has 0 unspecified atom stereocenters. The van der Waals surface area contributed by atoms with E-state index in [1.807, 2.05) is 0 Å². The number of aliphatic hydroxyl groups is 1. The average Bonchev–Trinajstić information content (AvgIpc) is 2.29. The molecule has 98 valence electrons. The Morgan fingerprint density at radius 1 is 1.50 bits per heavy atom. The molecule has 0 fully saturated rings. The predicted octanol–water partition coefficient (Wildman–Crippen LogP) is 0.966. The third-order valence-corrected chi connectivity index (χ3v) is 3.83. The van der Waals surface area contributed by atoms with E-state index in [1.165, 1.54) is 6.20 Å². The molecule has 0 bridgehead atoms. The van der Waals surface area contributed by atoms with Crippen molar-refractivity contribution in [3.8, 4) is 11.8 Å². The molecule has 0 aromatic carbocycles. The van der Waals surface area contributed by atoms with E-state index in [4.69, 9.17) is 5.11 Å². The number of anilines is 1. The Hall–Kier alpha value is -1.58. The van der Waals surface area contributed by atoms with E-state index < -0.39 is 15.3 Å². The molecule has 0 aliphatic heterocycles. The zero-order valence-electron chi connectivity index (χ0n) is 10.3. The summed E-state index contributed by atoms with van der Waals surface area (Å²) in [6.45, 7) is 3.19. The van der Waals surface area contributed by atoms with E-state index in [9.17, 15) is 8.42 Å². The average molecular weight is 268 g/mol. The number of rotatable bonds is 4. The van der Waals surface area contributed by atoms with Gasteiger partial charge in [-0.15, -0.1) is 0 Å². The van der Waals surface area contributed by atoms with Crippen molar-refractivity contribution in [2.75, 3.05) is 11.3 Å². The van der Waals surface area contributed by atoms with E-state index >= 15 is 0 Å². The molecule has 0 aliphatic rings. The Morgan fingerprint density at radius 2 is 2.22 bits per heavy atom. The first kappa shape index (κ1) is 14.5. The summed E-state index contributed by atoms with van der Waals surface area (Å²) in [6, 6.07) is 3.24. The minimum atomic E-state index is -3.39. The van der Waals surface area contributed by atoms with E-state index in [0.717, 1.165) is 0 Å². The second-order valence-electron chi connectivity index (χ2n) is 3.90. The summed E-state index contributed by atoms with van der Waals surface area (Å²) in [7, 11) is -3.39. The molecule has 1 aromatic rings. The molecule has 0 saturated heterocycles. The van der Waals surface area contributed by atoms with Crippen LogP contribution in [0.2, 0.25) is 0 Å². The summed E-state index contributed by atoms with van der Waals surface area (Å²) >= 11 is 0. The summed E-state index contributed by atoms with van der Waals surface area (Å²) in [5.41, 5.74) is 0.653. The largest absolute Gasteiger partial charge is 0.395 e. The fourth-order valence-electron chi connectivity index (χ4n) is 1.05. The normalized spacial score (nSPS) is 10.9. The third-order valence-electron chi connectivity index (χ3n) is 2.10. The first-order chi connectivity index (χ1) is 8.45. The molecular formula is C12H16N2O3S. The number of hydrogen-bond donors (Lipinski definition) is 2. The lowest BCUT2D eigenvalue weighted by molar-refractivity contribution is 0.305. The van der Waals surface area contributed by atoms with Gasteiger partial charge < -0.3 is 5.11 Å². The smallest absolute Gasteiger partial charge is 0.236 e. The standard InChI is InChI=1S/C12H16N2O3S/c1-10(2)18(16,17)14-12-9-11(6-7-13-12)5-3-4-8-15/h6-7,9-10,15H,4,8H2,1-2H3,(H,13,14). The van der Waals surface area contributed by atoms with Crippen LogP contribution in [0.4, 0.5) is 5.82 Å². The van der Waals surface area contributed by atoms with E-state index in [0.29, 0.717) is 12.0 Å². The molecule has 2 N–H and O–H groups in total. The number of nitrogens with one attached hydrogen (secondary N) is 1. The van der Waals surface area contributed by atoms with Gasteiger partial charge in [-0.2, -0.15) is 0 Å². The number of aliphatic hydroxyl groups excluding tert-OH is 1.